The maximum atomic E-state index is 12.6. The van der Waals surface area contributed by atoms with Crippen LogP contribution >= 0.6 is 11.3 Å². The lowest BCUT2D eigenvalue weighted by Gasteiger charge is -2.17. The average Bonchev–Trinajstić information content (AvgIpc) is 3.18. The molecular formula is C19H24N4O5S2. The summed E-state index contributed by atoms with van der Waals surface area (Å²) in [7, 11) is -2.09. The van der Waals surface area contributed by atoms with E-state index in [1.54, 1.807) is 5.38 Å². The highest BCUT2D eigenvalue weighted by Gasteiger charge is 2.21. The maximum Gasteiger partial charge on any atom is 0.272 e. The van der Waals surface area contributed by atoms with Crippen molar-refractivity contribution in [1.29, 1.82) is 0 Å². The van der Waals surface area contributed by atoms with Gasteiger partial charge in [-0.3, -0.25) is 25.2 Å². The fourth-order valence-corrected chi connectivity index (χ4v) is 4.42. The zero-order valence-electron chi connectivity index (χ0n) is 16.9. The molecular weight excluding hydrogens is 428 g/mol. The van der Waals surface area contributed by atoms with E-state index in [1.807, 2.05) is 6.92 Å². The number of nitrogens with zero attached hydrogens (tertiary/aromatic N) is 1. The van der Waals surface area contributed by atoms with Gasteiger partial charge in [0.1, 0.15) is 5.00 Å². The van der Waals surface area contributed by atoms with Crippen LogP contribution in [0, 0.1) is 0 Å². The fraction of sp³-hybridized carbons (Fsp3) is 0.316. The minimum atomic E-state index is -3.62. The number of carbonyl (C=O) groups is 3. The second-order valence-corrected chi connectivity index (χ2v) is 9.42. The standard InChI is InChI=1S/C19H24N4O5S2/c1-4-5-11-23(3)30(27,28)15-8-6-14(7-9-15)17(25)20-19-16(10-12-29-19)18(26)22-21-13(2)24/h6-10,12H,4-5,11H2,1-3H3,(H,20,25)(H,21,24)(H,22,26). The summed E-state index contributed by atoms with van der Waals surface area (Å²) in [4.78, 5) is 35.6. The van der Waals surface area contributed by atoms with Crippen LogP contribution in [0.15, 0.2) is 40.6 Å². The molecule has 162 valence electrons. The van der Waals surface area contributed by atoms with Crippen molar-refractivity contribution in [3.63, 3.8) is 0 Å². The van der Waals surface area contributed by atoms with Crippen LogP contribution in [0.4, 0.5) is 5.00 Å². The molecule has 0 bridgehead atoms. The Morgan fingerprint density at radius 1 is 1.03 bits per heavy atom. The smallest absolute Gasteiger partial charge is 0.272 e. The lowest BCUT2D eigenvalue weighted by Crippen LogP contribution is -2.40. The van der Waals surface area contributed by atoms with Crippen LogP contribution in [-0.4, -0.2) is 44.0 Å². The number of rotatable bonds is 8. The molecule has 0 aliphatic rings. The molecule has 3 amide bonds. The SMILES string of the molecule is CCCCN(C)S(=O)(=O)c1ccc(C(=O)Nc2sccc2C(=O)NNC(C)=O)cc1. The van der Waals surface area contributed by atoms with Crippen LogP contribution in [0.3, 0.4) is 0 Å². The Morgan fingerprint density at radius 2 is 1.70 bits per heavy atom. The molecule has 9 nitrogen and oxygen atoms in total. The molecule has 1 aromatic heterocycles. The molecule has 2 rings (SSSR count). The third-order valence-electron chi connectivity index (χ3n) is 4.14. The van der Waals surface area contributed by atoms with E-state index in [0.717, 1.165) is 24.2 Å². The number of unbranched alkanes of at least 4 members (excludes halogenated alkanes) is 1. The lowest BCUT2D eigenvalue weighted by atomic mass is 10.2. The van der Waals surface area contributed by atoms with Crippen molar-refractivity contribution in [2.24, 2.45) is 0 Å². The van der Waals surface area contributed by atoms with Gasteiger partial charge in [-0.15, -0.1) is 11.3 Å². The normalized spacial score (nSPS) is 11.2. The third-order valence-corrected chi connectivity index (χ3v) is 6.84. The molecule has 0 atom stereocenters. The Bertz CT molecular complexity index is 1020. The summed E-state index contributed by atoms with van der Waals surface area (Å²) in [5.74, 6) is -1.49. The largest absolute Gasteiger partial charge is 0.313 e. The topological polar surface area (TPSA) is 125 Å². The van der Waals surface area contributed by atoms with Gasteiger partial charge in [0.15, 0.2) is 0 Å². The molecule has 0 aliphatic carbocycles. The molecule has 11 heteroatoms. The van der Waals surface area contributed by atoms with E-state index >= 15 is 0 Å². The van der Waals surface area contributed by atoms with Gasteiger partial charge in [0.2, 0.25) is 15.9 Å². The molecule has 1 heterocycles. The Morgan fingerprint density at radius 3 is 2.30 bits per heavy atom. The number of sulfonamides is 1. The molecule has 1 aromatic carbocycles. The Hall–Kier alpha value is -2.76. The van der Waals surface area contributed by atoms with Crippen molar-refractivity contribution in [1.82, 2.24) is 15.2 Å². The first-order chi connectivity index (χ1) is 14.2. The number of amides is 3. The number of nitrogens with one attached hydrogen (secondary N) is 3. The second kappa shape index (κ2) is 10.3. The zero-order chi connectivity index (χ0) is 22.3. The summed E-state index contributed by atoms with van der Waals surface area (Å²) in [6.07, 6.45) is 1.64. The summed E-state index contributed by atoms with van der Waals surface area (Å²) in [6.45, 7) is 3.65. The van der Waals surface area contributed by atoms with Crippen LogP contribution in [0.5, 0.6) is 0 Å². The molecule has 2 aromatic rings. The second-order valence-electron chi connectivity index (χ2n) is 6.46. The molecule has 0 spiro atoms. The highest BCUT2D eigenvalue weighted by atomic mass is 32.2. The highest BCUT2D eigenvalue weighted by Crippen LogP contribution is 2.24. The van der Waals surface area contributed by atoms with Crippen LogP contribution < -0.4 is 16.2 Å². The summed E-state index contributed by atoms with van der Waals surface area (Å²) in [5, 5.41) is 4.56. The number of hydrogen-bond donors (Lipinski definition) is 3. The first kappa shape index (κ1) is 23.5. The van der Waals surface area contributed by atoms with Gasteiger partial charge in [0, 0.05) is 26.1 Å². The van der Waals surface area contributed by atoms with E-state index in [1.165, 1.54) is 48.6 Å². The van der Waals surface area contributed by atoms with Crippen molar-refractivity contribution in [3.05, 3.63) is 46.8 Å². The molecule has 3 N–H and O–H groups in total. The van der Waals surface area contributed by atoms with E-state index in [9.17, 15) is 22.8 Å². The first-order valence-corrected chi connectivity index (χ1v) is 11.5. The highest BCUT2D eigenvalue weighted by molar-refractivity contribution is 7.89. The first-order valence-electron chi connectivity index (χ1n) is 9.19. The molecule has 0 saturated carbocycles. The van der Waals surface area contributed by atoms with Gasteiger partial charge in [-0.05, 0) is 42.1 Å². The van der Waals surface area contributed by atoms with Crippen LogP contribution in [-0.2, 0) is 14.8 Å². The monoisotopic (exact) mass is 452 g/mol. The summed E-state index contributed by atoms with van der Waals surface area (Å²) >= 11 is 1.15. The number of anilines is 1. The van der Waals surface area contributed by atoms with Gasteiger partial charge in [-0.25, -0.2) is 12.7 Å². The van der Waals surface area contributed by atoms with Crippen molar-refractivity contribution in [2.75, 3.05) is 18.9 Å². The maximum absolute atomic E-state index is 12.6. The van der Waals surface area contributed by atoms with Crippen LogP contribution in [0.25, 0.3) is 0 Å². The van der Waals surface area contributed by atoms with E-state index in [-0.39, 0.29) is 16.0 Å². The van der Waals surface area contributed by atoms with Gasteiger partial charge < -0.3 is 5.32 Å². The van der Waals surface area contributed by atoms with E-state index in [2.05, 4.69) is 16.2 Å². The van der Waals surface area contributed by atoms with Crippen molar-refractivity contribution < 1.29 is 22.8 Å². The molecule has 0 saturated heterocycles. The zero-order valence-corrected chi connectivity index (χ0v) is 18.5. The van der Waals surface area contributed by atoms with Gasteiger partial charge in [0.05, 0.1) is 10.5 Å². The minimum absolute atomic E-state index is 0.101. The minimum Gasteiger partial charge on any atom is -0.313 e. The number of carbonyl (C=O) groups excluding carboxylic acids is 3. The summed E-state index contributed by atoms with van der Waals surface area (Å²) < 4.78 is 26.4. The van der Waals surface area contributed by atoms with E-state index in [0.29, 0.717) is 11.5 Å². The summed E-state index contributed by atoms with van der Waals surface area (Å²) in [6, 6.07) is 7.11. The number of benzene rings is 1. The van der Waals surface area contributed by atoms with Crippen LogP contribution in [0.1, 0.15) is 47.4 Å². The molecule has 0 fully saturated rings. The van der Waals surface area contributed by atoms with E-state index < -0.39 is 27.7 Å². The molecule has 30 heavy (non-hydrogen) atoms. The van der Waals surface area contributed by atoms with Crippen molar-refractivity contribution >= 4 is 44.1 Å². The quantitative estimate of drug-likeness (QED) is 0.530. The van der Waals surface area contributed by atoms with Gasteiger partial charge >= 0.3 is 0 Å². The number of hydrazine groups is 1. The molecule has 0 unspecified atom stereocenters. The van der Waals surface area contributed by atoms with Gasteiger partial charge in [-0.1, -0.05) is 13.3 Å². The Balaban J connectivity index is 2.10. The third kappa shape index (κ3) is 5.88. The predicted molar refractivity (Wildman–Crippen MR) is 115 cm³/mol. The van der Waals surface area contributed by atoms with E-state index in [4.69, 9.17) is 0 Å². The summed E-state index contributed by atoms with van der Waals surface area (Å²) in [5.41, 5.74) is 4.85. The molecule has 0 aliphatic heterocycles. The average molecular weight is 453 g/mol. The lowest BCUT2D eigenvalue weighted by molar-refractivity contribution is -0.119. The fourth-order valence-electron chi connectivity index (χ4n) is 2.43. The van der Waals surface area contributed by atoms with Crippen molar-refractivity contribution in [3.8, 4) is 0 Å². The Kier molecular flexibility index (Phi) is 8.09. The number of hydrogen-bond acceptors (Lipinski definition) is 6. The van der Waals surface area contributed by atoms with Crippen molar-refractivity contribution in [2.45, 2.75) is 31.6 Å². The van der Waals surface area contributed by atoms with Gasteiger partial charge in [-0.2, -0.15) is 0 Å². The van der Waals surface area contributed by atoms with Gasteiger partial charge in [0.25, 0.3) is 11.8 Å². The molecule has 0 radical (unpaired) electrons. The predicted octanol–water partition coefficient (Wildman–Crippen LogP) is 2.20. The van der Waals surface area contributed by atoms with Crippen LogP contribution in [0.2, 0.25) is 0 Å². The number of thiophene rings is 1. The Labute approximate surface area is 179 Å².